The van der Waals surface area contributed by atoms with E-state index in [1.807, 2.05) is 51.8 Å². The van der Waals surface area contributed by atoms with E-state index in [-0.39, 0.29) is 60.4 Å². The number of fused-ring (bicyclic) bond motifs is 2. The van der Waals surface area contributed by atoms with E-state index >= 15 is 0 Å². The van der Waals surface area contributed by atoms with E-state index in [0.29, 0.717) is 25.9 Å². The fraction of sp³-hybridized carbons (Fsp3) is 0.919. The number of hydrogen-bond acceptors (Lipinski definition) is 11. The molecule has 4 aliphatic heterocycles. The zero-order valence-corrected chi connectivity index (χ0v) is 32.3. The lowest BCUT2D eigenvalue weighted by molar-refractivity contribution is -0.295. The summed E-state index contributed by atoms with van der Waals surface area (Å²) in [7, 11) is 11.4. The third-order valence-corrected chi connectivity index (χ3v) is 12.0. The highest BCUT2D eigenvalue weighted by atomic mass is 16.7. The molecule has 12 nitrogen and oxygen atoms in total. The molecule has 4 rings (SSSR count). The summed E-state index contributed by atoms with van der Waals surface area (Å²) in [5, 5.41) is 11.4. The molecule has 2 bridgehead atoms. The molecule has 1 amide bonds. The minimum Gasteiger partial charge on any atom is -0.463 e. The van der Waals surface area contributed by atoms with E-state index < -0.39 is 41.4 Å². The van der Waals surface area contributed by atoms with Gasteiger partial charge >= 0.3 is 5.97 Å². The van der Waals surface area contributed by atoms with E-state index in [4.69, 9.17) is 18.9 Å². The molecule has 1 unspecified atom stereocenters. The second-order valence-corrected chi connectivity index (χ2v) is 17.0. The van der Waals surface area contributed by atoms with Gasteiger partial charge in [0.2, 0.25) is 5.91 Å². The van der Waals surface area contributed by atoms with Gasteiger partial charge in [-0.15, -0.1) is 0 Å². The summed E-state index contributed by atoms with van der Waals surface area (Å²) in [6, 6.07) is 0.110. The maximum absolute atomic E-state index is 14.4. The summed E-state index contributed by atoms with van der Waals surface area (Å²) in [5.41, 5.74) is -2.40. The standard InChI is InChI=1S/C37H66N4O8/c1-22-18-37(6,46-12)33(49-34-31(43)28(39(9)10)15-23(2)48-34)24(3)32(44)36(4,5)35(45)47-21-29(40(11)19-22)25-16-26-13-14-27(17-25)41(26)30(42)20-38(7)8/h22-29,31,33-34,43H,13-21H2,1-12H3/t22-,23-,24+,25?,26-,27+,28+,29+,31-,33-,34+,37-/m1/s1. The van der Waals surface area contributed by atoms with Crippen molar-refractivity contribution in [2.75, 3.05) is 62.0 Å². The number of ether oxygens (including phenoxy) is 4. The number of aliphatic hydroxyl groups excluding tert-OH is 1. The molecule has 4 saturated heterocycles. The minimum atomic E-state index is -1.45. The van der Waals surface area contributed by atoms with Gasteiger partial charge in [-0.3, -0.25) is 19.3 Å². The molecule has 0 aromatic rings. The normalized spacial score (nSPS) is 41.3. The minimum absolute atomic E-state index is 0.0687. The number of esters is 1. The summed E-state index contributed by atoms with van der Waals surface area (Å²) in [6.45, 7) is 12.4. The summed E-state index contributed by atoms with van der Waals surface area (Å²) in [4.78, 5) is 49.7. The lowest BCUT2D eigenvalue weighted by atomic mass is 9.74. The molecular weight excluding hydrogens is 628 g/mol. The van der Waals surface area contributed by atoms with Gasteiger partial charge in [-0.05, 0) is 113 Å². The van der Waals surface area contributed by atoms with Crippen molar-refractivity contribution in [3.63, 3.8) is 0 Å². The molecule has 0 radical (unpaired) electrons. The van der Waals surface area contributed by atoms with Gasteiger partial charge in [0.1, 0.15) is 18.1 Å². The first kappa shape index (κ1) is 40.1. The van der Waals surface area contributed by atoms with E-state index in [1.54, 1.807) is 27.9 Å². The van der Waals surface area contributed by atoms with E-state index in [0.717, 1.165) is 25.7 Å². The van der Waals surface area contributed by atoms with E-state index in [2.05, 4.69) is 23.8 Å². The number of carbonyl (C=O) groups excluding carboxylic acids is 3. The SMILES string of the molecule is CO[C@]1(C)C[C@@H](C)CN(C)[C@H](C2C[C@H]3CC[C@@H](C2)N3C(=O)CN(C)C)COC(=O)C(C)(C)C(=O)[C@H](C)[C@H]1O[C@@H]1O[C@H](C)C[C@H](N(C)C)[C@H]1O. The molecule has 4 aliphatic rings. The third kappa shape index (κ3) is 8.69. The van der Waals surface area contributed by atoms with Crippen LogP contribution in [-0.2, 0) is 33.3 Å². The smallest absolute Gasteiger partial charge is 0.319 e. The molecule has 0 aliphatic carbocycles. The van der Waals surface area contributed by atoms with Gasteiger partial charge in [-0.2, -0.15) is 0 Å². The van der Waals surface area contributed by atoms with Gasteiger partial charge in [0, 0.05) is 43.7 Å². The maximum Gasteiger partial charge on any atom is 0.319 e. The van der Waals surface area contributed by atoms with Gasteiger partial charge < -0.3 is 38.8 Å². The number of hydrogen-bond donors (Lipinski definition) is 1. The van der Waals surface area contributed by atoms with Crippen molar-refractivity contribution in [3.8, 4) is 0 Å². The van der Waals surface area contributed by atoms with Gasteiger partial charge in [-0.25, -0.2) is 0 Å². The first-order valence-electron chi connectivity index (χ1n) is 18.4. The number of amides is 1. The first-order valence-corrected chi connectivity index (χ1v) is 18.4. The molecular formula is C37H66N4O8. The third-order valence-electron chi connectivity index (χ3n) is 12.0. The number of cyclic esters (lactones) is 1. The highest BCUT2D eigenvalue weighted by Gasteiger charge is 2.52. The van der Waals surface area contributed by atoms with Crippen molar-refractivity contribution in [2.24, 2.45) is 23.2 Å². The Balaban J connectivity index is 1.63. The van der Waals surface area contributed by atoms with Gasteiger partial charge in [0.05, 0.1) is 24.4 Å². The van der Waals surface area contributed by atoms with Crippen LogP contribution in [0.3, 0.4) is 0 Å². The van der Waals surface area contributed by atoms with Crippen molar-refractivity contribution in [3.05, 3.63) is 0 Å². The van der Waals surface area contributed by atoms with Gasteiger partial charge in [0.25, 0.3) is 0 Å². The number of ketones is 1. The average Bonchev–Trinajstić information content (AvgIpc) is 3.28. The van der Waals surface area contributed by atoms with Crippen molar-refractivity contribution < 1.29 is 38.4 Å². The number of aliphatic hydroxyl groups is 1. The molecule has 12 atom stereocenters. The number of likely N-dealkylation sites (N-methyl/N-ethyl adjacent to an activating group) is 3. The number of rotatable bonds is 7. The molecule has 0 aromatic heterocycles. The Kier molecular flexibility index (Phi) is 13.0. The van der Waals surface area contributed by atoms with Gasteiger partial charge in [-0.1, -0.05) is 13.8 Å². The Morgan fingerprint density at radius 2 is 1.63 bits per heavy atom. The lowest BCUT2D eigenvalue weighted by Crippen LogP contribution is -2.59. The Morgan fingerprint density at radius 3 is 2.18 bits per heavy atom. The van der Waals surface area contributed by atoms with Crippen LogP contribution >= 0.6 is 0 Å². The van der Waals surface area contributed by atoms with Crippen LogP contribution in [0.2, 0.25) is 0 Å². The Morgan fingerprint density at radius 1 is 1.02 bits per heavy atom. The predicted octanol–water partition coefficient (Wildman–Crippen LogP) is 2.65. The molecule has 0 spiro atoms. The molecule has 1 N–H and O–H groups in total. The number of piperidine rings is 1. The van der Waals surface area contributed by atoms with Crippen molar-refractivity contribution in [1.29, 1.82) is 0 Å². The molecule has 4 heterocycles. The zero-order chi connectivity index (χ0) is 36.6. The molecule has 12 heteroatoms. The Labute approximate surface area is 295 Å². The predicted molar refractivity (Wildman–Crippen MR) is 187 cm³/mol. The fourth-order valence-electron chi connectivity index (χ4n) is 9.35. The van der Waals surface area contributed by atoms with Crippen LogP contribution in [0.4, 0.5) is 0 Å². The number of carbonyl (C=O) groups is 3. The summed E-state index contributed by atoms with van der Waals surface area (Å²) in [6.07, 6.45) is 2.00. The van der Waals surface area contributed by atoms with Crippen LogP contribution in [0, 0.1) is 23.2 Å². The summed E-state index contributed by atoms with van der Waals surface area (Å²) < 4.78 is 25.2. The second kappa shape index (κ2) is 15.9. The molecule has 4 fully saturated rings. The average molecular weight is 695 g/mol. The van der Waals surface area contributed by atoms with E-state index in [9.17, 15) is 19.5 Å². The van der Waals surface area contributed by atoms with Crippen LogP contribution in [0.15, 0.2) is 0 Å². The van der Waals surface area contributed by atoms with Crippen LogP contribution < -0.4 is 0 Å². The van der Waals surface area contributed by atoms with Crippen LogP contribution in [-0.4, -0.2) is 159 Å². The molecule has 0 saturated carbocycles. The topological polar surface area (TPSA) is 121 Å². The zero-order valence-electron chi connectivity index (χ0n) is 32.3. The molecule has 49 heavy (non-hydrogen) atoms. The van der Waals surface area contributed by atoms with Crippen molar-refractivity contribution >= 4 is 17.7 Å². The highest BCUT2D eigenvalue weighted by Crippen LogP contribution is 2.42. The quantitative estimate of drug-likeness (QED) is 0.313. The highest BCUT2D eigenvalue weighted by molar-refractivity contribution is 6.04. The molecule has 282 valence electrons. The Bertz CT molecular complexity index is 1150. The van der Waals surface area contributed by atoms with E-state index in [1.165, 1.54) is 0 Å². The van der Waals surface area contributed by atoms with Crippen molar-refractivity contribution in [1.82, 2.24) is 19.6 Å². The number of nitrogens with zero attached hydrogens (tertiary/aromatic N) is 4. The largest absolute Gasteiger partial charge is 0.463 e. The summed E-state index contributed by atoms with van der Waals surface area (Å²) >= 11 is 0. The second-order valence-electron chi connectivity index (χ2n) is 17.0. The summed E-state index contributed by atoms with van der Waals surface area (Å²) in [5.74, 6) is -1.13. The Hall–Kier alpha value is -1.67. The van der Waals surface area contributed by atoms with Crippen LogP contribution in [0.1, 0.15) is 80.1 Å². The number of methoxy groups -OCH3 is 1. The maximum atomic E-state index is 14.4. The monoisotopic (exact) mass is 694 g/mol. The number of Topliss-reactive ketones (excluding diaryl/α,β-unsaturated/α-hetero) is 1. The van der Waals surface area contributed by atoms with Gasteiger partial charge in [0.15, 0.2) is 12.1 Å². The van der Waals surface area contributed by atoms with Crippen molar-refractivity contribution in [2.45, 2.75) is 134 Å². The first-order chi connectivity index (χ1) is 22.8. The fourth-order valence-corrected chi connectivity index (χ4v) is 9.35. The van der Waals surface area contributed by atoms with Crippen LogP contribution in [0.25, 0.3) is 0 Å². The lowest BCUT2D eigenvalue weighted by Gasteiger charge is -2.47. The van der Waals surface area contributed by atoms with Crippen LogP contribution in [0.5, 0.6) is 0 Å². The molecule has 0 aromatic carbocycles.